The van der Waals surface area contributed by atoms with Crippen LogP contribution >= 0.6 is 0 Å². The summed E-state index contributed by atoms with van der Waals surface area (Å²) < 4.78 is 5.33. The molecule has 2 aliphatic rings. The van der Waals surface area contributed by atoms with E-state index in [0.717, 1.165) is 12.1 Å². The van der Waals surface area contributed by atoms with Crippen LogP contribution in [0.5, 0.6) is 0 Å². The van der Waals surface area contributed by atoms with Gasteiger partial charge in [0.05, 0.1) is 19.1 Å². The molecule has 0 bridgehead atoms. The zero-order chi connectivity index (χ0) is 16.9. The van der Waals surface area contributed by atoms with Crippen molar-refractivity contribution < 1.29 is 14.3 Å². The van der Waals surface area contributed by atoms with Gasteiger partial charge in [0, 0.05) is 38.5 Å². The number of hydrogen-bond donors (Lipinski definition) is 1. The lowest BCUT2D eigenvalue weighted by molar-refractivity contribution is -0.138. The van der Waals surface area contributed by atoms with E-state index in [9.17, 15) is 9.59 Å². The van der Waals surface area contributed by atoms with Crippen LogP contribution in [0.1, 0.15) is 18.9 Å². The summed E-state index contributed by atoms with van der Waals surface area (Å²) in [5, 5.41) is 3.19. The summed E-state index contributed by atoms with van der Waals surface area (Å²) in [6, 6.07) is 7.55. The molecule has 1 aromatic rings. The van der Waals surface area contributed by atoms with Crippen LogP contribution in [0.4, 0.5) is 5.69 Å². The van der Waals surface area contributed by atoms with Crippen molar-refractivity contribution in [3.8, 4) is 0 Å². The number of amides is 2. The van der Waals surface area contributed by atoms with E-state index in [0.29, 0.717) is 39.4 Å². The van der Waals surface area contributed by atoms with Gasteiger partial charge >= 0.3 is 0 Å². The number of benzene rings is 1. The van der Waals surface area contributed by atoms with Gasteiger partial charge in [0.15, 0.2) is 0 Å². The number of anilines is 1. The number of carbonyl (C=O) groups excluding carboxylic acids is 2. The predicted octanol–water partition coefficient (Wildman–Crippen LogP) is 0.803. The van der Waals surface area contributed by atoms with Crippen LogP contribution in [0.2, 0.25) is 0 Å². The minimum atomic E-state index is -0.430. The first kappa shape index (κ1) is 16.9. The highest BCUT2D eigenvalue weighted by Gasteiger charge is 2.33. The van der Waals surface area contributed by atoms with E-state index in [1.807, 2.05) is 30.0 Å². The molecule has 1 fully saturated rings. The summed E-state index contributed by atoms with van der Waals surface area (Å²) in [6.07, 6.45) is 1.09. The molecule has 0 aromatic heterocycles. The number of carbonyl (C=O) groups is 2. The SMILES string of the molecule is CCOCCN1CCNC(CC(=O)N2CCc3ccccc32)C1=O. The highest BCUT2D eigenvalue weighted by molar-refractivity contribution is 5.98. The van der Waals surface area contributed by atoms with Crippen LogP contribution in [0.15, 0.2) is 24.3 Å². The molecule has 2 aliphatic heterocycles. The van der Waals surface area contributed by atoms with Crippen molar-refractivity contribution in [2.45, 2.75) is 25.8 Å². The van der Waals surface area contributed by atoms with Crippen molar-refractivity contribution in [1.29, 1.82) is 0 Å². The second-order valence-corrected chi connectivity index (χ2v) is 6.16. The molecule has 24 heavy (non-hydrogen) atoms. The van der Waals surface area contributed by atoms with Gasteiger partial charge in [0.1, 0.15) is 0 Å². The van der Waals surface area contributed by atoms with E-state index < -0.39 is 6.04 Å². The van der Waals surface area contributed by atoms with Gasteiger partial charge in [-0.15, -0.1) is 0 Å². The van der Waals surface area contributed by atoms with E-state index in [-0.39, 0.29) is 18.2 Å². The quantitative estimate of drug-likeness (QED) is 0.784. The van der Waals surface area contributed by atoms with Gasteiger partial charge < -0.3 is 19.9 Å². The maximum Gasteiger partial charge on any atom is 0.240 e. The normalized spacial score (nSPS) is 20.4. The Morgan fingerprint density at radius 1 is 1.33 bits per heavy atom. The monoisotopic (exact) mass is 331 g/mol. The fourth-order valence-corrected chi connectivity index (χ4v) is 3.37. The average molecular weight is 331 g/mol. The molecular formula is C18H25N3O3. The molecule has 6 heteroatoms. The van der Waals surface area contributed by atoms with Gasteiger partial charge in [0.2, 0.25) is 11.8 Å². The molecule has 2 heterocycles. The van der Waals surface area contributed by atoms with Gasteiger partial charge in [0.25, 0.3) is 0 Å². The van der Waals surface area contributed by atoms with Crippen LogP contribution in [0.25, 0.3) is 0 Å². The van der Waals surface area contributed by atoms with E-state index >= 15 is 0 Å². The topological polar surface area (TPSA) is 61.9 Å². The van der Waals surface area contributed by atoms with Crippen LogP contribution in [0, 0.1) is 0 Å². The second-order valence-electron chi connectivity index (χ2n) is 6.16. The van der Waals surface area contributed by atoms with Gasteiger partial charge in [-0.1, -0.05) is 18.2 Å². The molecule has 1 atom stereocenters. The average Bonchev–Trinajstić information content (AvgIpc) is 3.02. The van der Waals surface area contributed by atoms with Gasteiger partial charge in [-0.05, 0) is 25.0 Å². The fraction of sp³-hybridized carbons (Fsp3) is 0.556. The summed E-state index contributed by atoms with van der Waals surface area (Å²) in [6.45, 7) is 5.81. The molecule has 1 N–H and O–H groups in total. The maximum absolute atomic E-state index is 12.7. The molecule has 0 radical (unpaired) electrons. The highest BCUT2D eigenvalue weighted by atomic mass is 16.5. The Balaban J connectivity index is 1.59. The van der Waals surface area contributed by atoms with Crippen LogP contribution in [-0.2, 0) is 20.7 Å². The lowest BCUT2D eigenvalue weighted by Gasteiger charge is -2.33. The van der Waals surface area contributed by atoms with Gasteiger partial charge in [-0.3, -0.25) is 9.59 Å². The van der Waals surface area contributed by atoms with Crippen LogP contribution in [0.3, 0.4) is 0 Å². The third-order valence-corrected chi connectivity index (χ3v) is 4.66. The first-order valence-electron chi connectivity index (χ1n) is 8.69. The third kappa shape index (κ3) is 3.60. The summed E-state index contributed by atoms with van der Waals surface area (Å²) in [5.74, 6) is 0.0132. The number of nitrogens with one attached hydrogen (secondary N) is 1. The predicted molar refractivity (Wildman–Crippen MR) is 92.0 cm³/mol. The smallest absolute Gasteiger partial charge is 0.240 e. The van der Waals surface area contributed by atoms with E-state index in [4.69, 9.17) is 4.74 Å². The van der Waals surface area contributed by atoms with E-state index in [1.54, 1.807) is 4.90 Å². The Hall–Kier alpha value is -1.92. The Bertz CT molecular complexity index is 605. The first-order valence-corrected chi connectivity index (χ1v) is 8.69. The molecule has 0 saturated carbocycles. The second kappa shape index (κ2) is 7.77. The van der Waals surface area contributed by atoms with Gasteiger partial charge in [-0.2, -0.15) is 0 Å². The number of fused-ring (bicyclic) bond motifs is 1. The third-order valence-electron chi connectivity index (χ3n) is 4.66. The first-order chi connectivity index (χ1) is 11.7. The van der Waals surface area contributed by atoms with Crippen molar-refractivity contribution in [3.63, 3.8) is 0 Å². The highest BCUT2D eigenvalue weighted by Crippen LogP contribution is 2.28. The molecule has 1 saturated heterocycles. The van der Waals surface area contributed by atoms with Crippen molar-refractivity contribution in [3.05, 3.63) is 29.8 Å². The molecule has 2 amide bonds. The molecule has 1 unspecified atom stereocenters. The van der Waals surface area contributed by atoms with E-state index in [1.165, 1.54) is 5.56 Å². The number of hydrogen-bond acceptors (Lipinski definition) is 4. The van der Waals surface area contributed by atoms with Crippen LogP contribution < -0.4 is 10.2 Å². The molecule has 6 nitrogen and oxygen atoms in total. The molecule has 130 valence electrons. The Kier molecular flexibility index (Phi) is 5.48. The van der Waals surface area contributed by atoms with Crippen molar-refractivity contribution >= 4 is 17.5 Å². The summed E-state index contributed by atoms with van der Waals surface area (Å²) >= 11 is 0. The number of ether oxygens (including phenoxy) is 1. The molecule has 0 spiro atoms. The Labute approximate surface area is 142 Å². The Morgan fingerprint density at radius 3 is 3.00 bits per heavy atom. The summed E-state index contributed by atoms with van der Waals surface area (Å²) in [7, 11) is 0. The number of nitrogens with zero attached hydrogens (tertiary/aromatic N) is 2. The minimum absolute atomic E-state index is 0.00165. The summed E-state index contributed by atoms with van der Waals surface area (Å²) in [4.78, 5) is 28.8. The number of piperazine rings is 1. The zero-order valence-electron chi connectivity index (χ0n) is 14.2. The molecule has 1 aromatic carbocycles. The standard InChI is InChI=1S/C18H25N3O3/c1-2-24-12-11-20-10-8-19-15(18(20)23)13-17(22)21-9-7-14-5-3-4-6-16(14)21/h3-6,15,19H,2,7-13H2,1H3. The largest absolute Gasteiger partial charge is 0.380 e. The van der Waals surface area contributed by atoms with Crippen molar-refractivity contribution in [1.82, 2.24) is 10.2 Å². The van der Waals surface area contributed by atoms with E-state index in [2.05, 4.69) is 11.4 Å². The number of para-hydroxylation sites is 1. The molecule has 0 aliphatic carbocycles. The molecule has 3 rings (SSSR count). The maximum atomic E-state index is 12.7. The van der Waals surface area contributed by atoms with Crippen molar-refractivity contribution in [2.24, 2.45) is 0 Å². The fourth-order valence-electron chi connectivity index (χ4n) is 3.37. The lowest BCUT2D eigenvalue weighted by Crippen LogP contribution is -2.57. The van der Waals surface area contributed by atoms with Crippen LogP contribution in [-0.4, -0.2) is 62.1 Å². The van der Waals surface area contributed by atoms with Crippen molar-refractivity contribution in [2.75, 3.05) is 44.3 Å². The van der Waals surface area contributed by atoms with Gasteiger partial charge in [-0.25, -0.2) is 0 Å². The molecular weight excluding hydrogens is 306 g/mol. The zero-order valence-corrected chi connectivity index (χ0v) is 14.2. The summed E-state index contributed by atoms with van der Waals surface area (Å²) in [5.41, 5.74) is 2.19. The Morgan fingerprint density at radius 2 is 2.17 bits per heavy atom. The number of rotatable bonds is 6. The lowest BCUT2D eigenvalue weighted by atomic mass is 10.1. The minimum Gasteiger partial charge on any atom is -0.380 e.